The van der Waals surface area contributed by atoms with Gasteiger partial charge in [-0.3, -0.25) is 14.5 Å². The van der Waals surface area contributed by atoms with Crippen molar-refractivity contribution in [1.29, 1.82) is 0 Å². The molecular weight excluding hydrogens is 220 g/mol. The van der Waals surface area contributed by atoms with Gasteiger partial charge in [-0.15, -0.1) is 0 Å². The van der Waals surface area contributed by atoms with Crippen LogP contribution in [0, 0.1) is 0 Å². The van der Waals surface area contributed by atoms with E-state index in [1.54, 1.807) is 4.90 Å². The predicted octanol–water partition coefficient (Wildman–Crippen LogP) is 0.738. The highest BCUT2D eigenvalue weighted by molar-refractivity contribution is 5.82. The molecule has 0 rings (SSSR count). The normalized spacial score (nSPS) is 12.4. The zero-order valence-electron chi connectivity index (χ0n) is 11.5. The van der Waals surface area contributed by atoms with E-state index >= 15 is 0 Å². The third-order valence-electron chi connectivity index (χ3n) is 2.95. The summed E-state index contributed by atoms with van der Waals surface area (Å²) in [5.41, 5.74) is 0. The minimum absolute atomic E-state index is 0.0563. The van der Waals surface area contributed by atoms with Crippen LogP contribution in [0.2, 0.25) is 0 Å². The lowest BCUT2D eigenvalue weighted by Gasteiger charge is -2.30. The highest BCUT2D eigenvalue weighted by Crippen LogP contribution is 2.04. The Kier molecular flexibility index (Phi) is 7.54. The summed E-state index contributed by atoms with van der Waals surface area (Å²) >= 11 is 0. The summed E-state index contributed by atoms with van der Waals surface area (Å²) in [5, 5.41) is 0. The number of carbonyl (C=O) groups excluding carboxylic acids is 2. The summed E-state index contributed by atoms with van der Waals surface area (Å²) in [4.78, 5) is 26.9. The number of likely N-dealkylation sites (N-methyl/N-ethyl adjacent to an activating group) is 2. The molecule has 0 aliphatic rings. The first kappa shape index (κ1) is 15.9. The third-order valence-corrected chi connectivity index (χ3v) is 2.95. The summed E-state index contributed by atoms with van der Waals surface area (Å²) in [6.45, 7) is 9.83. The Morgan fingerprint density at radius 2 is 1.65 bits per heavy atom. The highest BCUT2D eigenvalue weighted by atomic mass is 16.5. The summed E-state index contributed by atoms with van der Waals surface area (Å²) in [6, 6.07) is -0.293. The van der Waals surface area contributed by atoms with Gasteiger partial charge in [0.25, 0.3) is 0 Å². The van der Waals surface area contributed by atoms with Crippen LogP contribution in [0.4, 0.5) is 0 Å². The van der Waals surface area contributed by atoms with Crippen LogP contribution in [0.5, 0.6) is 0 Å². The van der Waals surface area contributed by atoms with Crippen molar-refractivity contribution >= 4 is 11.9 Å². The number of hydrogen-bond acceptors (Lipinski definition) is 4. The van der Waals surface area contributed by atoms with E-state index in [0.717, 1.165) is 0 Å². The molecule has 5 heteroatoms. The lowest BCUT2D eigenvalue weighted by atomic mass is 10.2. The van der Waals surface area contributed by atoms with Gasteiger partial charge >= 0.3 is 5.97 Å². The van der Waals surface area contributed by atoms with E-state index in [1.807, 2.05) is 32.6 Å². The zero-order valence-corrected chi connectivity index (χ0v) is 11.5. The Morgan fingerprint density at radius 3 is 2.00 bits per heavy atom. The van der Waals surface area contributed by atoms with E-state index in [2.05, 4.69) is 4.74 Å². The largest absolute Gasteiger partial charge is 0.468 e. The Morgan fingerprint density at radius 1 is 1.12 bits per heavy atom. The summed E-state index contributed by atoms with van der Waals surface area (Å²) < 4.78 is 4.62. The van der Waals surface area contributed by atoms with Crippen LogP contribution in [-0.4, -0.2) is 61.0 Å². The van der Waals surface area contributed by atoms with Gasteiger partial charge < -0.3 is 9.64 Å². The molecule has 0 aliphatic carbocycles. The van der Waals surface area contributed by atoms with Crippen LogP contribution < -0.4 is 0 Å². The Labute approximate surface area is 104 Å². The fraction of sp³-hybridized carbons (Fsp3) is 0.833. The summed E-state index contributed by atoms with van der Waals surface area (Å²) in [6.07, 6.45) is 0. The van der Waals surface area contributed by atoms with Crippen LogP contribution in [0.1, 0.15) is 27.7 Å². The van der Waals surface area contributed by atoms with E-state index in [1.165, 1.54) is 7.11 Å². The number of carbonyl (C=O) groups is 2. The number of esters is 1. The maximum atomic E-state index is 12.1. The lowest BCUT2D eigenvalue weighted by molar-refractivity contribution is -0.144. The number of methoxy groups -OCH3 is 1. The Bertz CT molecular complexity index is 252. The van der Waals surface area contributed by atoms with Crippen molar-refractivity contribution in [3.63, 3.8) is 0 Å². The molecule has 0 aromatic carbocycles. The number of ether oxygens (including phenoxy) is 1. The molecule has 0 spiro atoms. The molecule has 1 amide bonds. The van der Waals surface area contributed by atoms with Gasteiger partial charge in [-0.2, -0.15) is 0 Å². The smallest absolute Gasteiger partial charge is 0.319 e. The van der Waals surface area contributed by atoms with E-state index < -0.39 is 0 Å². The van der Waals surface area contributed by atoms with Gasteiger partial charge in [-0.1, -0.05) is 6.92 Å². The molecule has 0 heterocycles. The van der Waals surface area contributed by atoms with E-state index in [9.17, 15) is 9.59 Å². The molecule has 0 aliphatic heterocycles. The molecule has 0 aromatic heterocycles. The molecule has 0 N–H and O–H groups in total. The SMILES string of the molecule is CCN(CC)C(=O)C(C)N(CC)CC(=O)OC. The maximum absolute atomic E-state index is 12.1. The average molecular weight is 244 g/mol. The van der Waals surface area contributed by atoms with Crippen LogP contribution in [0.15, 0.2) is 0 Å². The van der Waals surface area contributed by atoms with Gasteiger partial charge in [0.2, 0.25) is 5.91 Å². The minimum atomic E-state index is -0.314. The van der Waals surface area contributed by atoms with Crippen molar-refractivity contribution in [1.82, 2.24) is 9.80 Å². The van der Waals surface area contributed by atoms with Gasteiger partial charge in [-0.25, -0.2) is 0 Å². The van der Waals surface area contributed by atoms with Crippen LogP contribution in [0.25, 0.3) is 0 Å². The molecule has 100 valence electrons. The van der Waals surface area contributed by atoms with Gasteiger partial charge in [-0.05, 0) is 27.3 Å². The second-order valence-electron chi connectivity index (χ2n) is 3.83. The maximum Gasteiger partial charge on any atom is 0.319 e. The fourth-order valence-corrected chi connectivity index (χ4v) is 1.71. The second-order valence-corrected chi connectivity index (χ2v) is 3.83. The molecular formula is C12H24N2O3. The number of amides is 1. The molecule has 0 fully saturated rings. The first-order valence-corrected chi connectivity index (χ1v) is 6.11. The molecule has 5 nitrogen and oxygen atoms in total. The Hall–Kier alpha value is -1.10. The number of nitrogens with zero attached hydrogens (tertiary/aromatic N) is 2. The van der Waals surface area contributed by atoms with Gasteiger partial charge in [0.15, 0.2) is 0 Å². The van der Waals surface area contributed by atoms with Gasteiger partial charge in [0.05, 0.1) is 19.7 Å². The number of hydrogen-bond donors (Lipinski definition) is 0. The molecule has 0 radical (unpaired) electrons. The van der Waals surface area contributed by atoms with Crippen molar-refractivity contribution < 1.29 is 14.3 Å². The van der Waals surface area contributed by atoms with Crippen molar-refractivity contribution in [3.05, 3.63) is 0 Å². The van der Waals surface area contributed by atoms with Crippen molar-refractivity contribution in [3.8, 4) is 0 Å². The molecule has 1 atom stereocenters. The topological polar surface area (TPSA) is 49.9 Å². The molecule has 0 saturated carbocycles. The molecule has 1 unspecified atom stereocenters. The van der Waals surface area contributed by atoms with Crippen LogP contribution in [0.3, 0.4) is 0 Å². The first-order chi connectivity index (χ1) is 8.01. The predicted molar refractivity (Wildman–Crippen MR) is 66.7 cm³/mol. The van der Waals surface area contributed by atoms with E-state index in [4.69, 9.17) is 0 Å². The molecule has 0 bridgehead atoms. The zero-order chi connectivity index (χ0) is 13.4. The monoisotopic (exact) mass is 244 g/mol. The number of rotatable bonds is 7. The van der Waals surface area contributed by atoms with Crippen LogP contribution in [-0.2, 0) is 14.3 Å². The first-order valence-electron chi connectivity index (χ1n) is 6.11. The quantitative estimate of drug-likeness (QED) is 0.620. The van der Waals surface area contributed by atoms with Crippen molar-refractivity contribution in [2.24, 2.45) is 0 Å². The van der Waals surface area contributed by atoms with Crippen LogP contribution >= 0.6 is 0 Å². The fourth-order valence-electron chi connectivity index (χ4n) is 1.71. The Balaban J connectivity index is 4.56. The van der Waals surface area contributed by atoms with E-state index in [0.29, 0.717) is 19.6 Å². The molecule has 17 heavy (non-hydrogen) atoms. The van der Waals surface area contributed by atoms with Gasteiger partial charge in [0.1, 0.15) is 0 Å². The third kappa shape index (κ3) is 4.73. The van der Waals surface area contributed by atoms with Gasteiger partial charge in [0, 0.05) is 13.1 Å². The van der Waals surface area contributed by atoms with Crippen molar-refractivity contribution in [2.45, 2.75) is 33.7 Å². The second kappa shape index (κ2) is 8.06. The summed E-state index contributed by atoms with van der Waals surface area (Å²) in [7, 11) is 1.35. The molecule has 0 aromatic rings. The lowest BCUT2D eigenvalue weighted by Crippen LogP contribution is -2.48. The summed E-state index contributed by atoms with van der Waals surface area (Å²) in [5.74, 6) is -0.258. The van der Waals surface area contributed by atoms with E-state index in [-0.39, 0.29) is 24.5 Å². The molecule has 0 saturated heterocycles. The standard InChI is InChI=1S/C12H24N2O3/c1-6-13(7-2)12(16)10(4)14(8-3)9-11(15)17-5/h10H,6-9H2,1-5H3. The average Bonchev–Trinajstić information content (AvgIpc) is 2.35. The highest BCUT2D eigenvalue weighted by Gasteiger charge is 2.25. The van der Waals surface area contributed by atoms with Crippen molar-refractivity contribution in [2.75, 3.05) is 33.3 Å². The minimum Gasteiger partial charge on any atom is -0.468 e.